The Labute approximate surface area is 170 Å². The largest absolute Gasteiger partial charge is 0.462 e. The highest BCUT2D eigenvalue weighted by molar-refractivity contribution is 9.10. The van der Waals surface area contributed by atoms with E-state index in [1.165, 1.54) is 10.9 Å². The fraction of sp³-hybridized carbons (Fsp3) is 0.263. The first-order chi connectivity index (χ1) is 13.4. The average molecular weight is 446 g/mol. The molecule has 1 aromatic carbocycles. The summed E-state index contributed by atoms with van der Waals surface area (Å²) in [6, 6.07) is 9.23. The van der Waals surface area contributed by atoms with Crippen LogP contribution in [-0.2, 0) is 16.1 Å². The zero-order valence-electron chi connectivity index (χ0n) is 15.8. The Hall–Kier alpha value is -2.94. The zero-order valence-corrected chi connectivity index (χ0v) is 17.4. The first-order valence-corrected chi connectivity index (χ1v) is 9.51. The van der Waals surface area contributed by atoms with Crippen molar-refractivity contribution in [3.8, 4) is 5.69 Å². The van der Waals surface area contributed by atoms with E-state index in [4.69, 9.17) is 4.74 Å². The predicted octanol–water partition coefficient (Wildman–Crippen LogP) is 3.26. The van der Waals surface area contributed by atoms with Gasteiger partial charge in [0.15, 0.2) is 5.82 Å². The lowest BCUT2D eigenvalue weighted by atomic mass is 10.3. The highest BCUT2D eigenvalue weighted by Crippen LogP contribution is 2.22. The fourth-order valence-electron chi connectivity index (χ4n) is 2.73. The third-order valence-electron chi connectivity index (χ3n) is 4.11. The van der Waals surface area contributed by atoms with Crippen molar-refractivity contribution in [3.63, 3.8) is 0 Å². The number of carbonyl (C=O) groups is 2. The van der Waals surface area contributed by atoms with Crippen LogP contribution in [0.15, 0.2) is 41.0 Å². The number of ether oxygens (including phenoxy) is 1. The number of anilines is 1. The summed E-state index contributed by atoms with van der Waals surface area (Å²) >= 11 is 3.45. The Balaban J connectivity index is 1.92. The van der Waals surface area contributed by atoms with E-state index in [1.807, 2.05) is 44.2 Å². The SMILES string of the molecule is CCOC(=O)c1cnn(-c2ccccc2)c1NC(=O)Cn1nc(C)c(Br)c1C. The molecule has 3 rings (SSSR count). The second-order valence-corrected chi connectivity index (χ2v) is 6.86. The van der Waals surface area contributed by atoms with Gasteiger partial charge in [-0.1, -0.05) is 18.2 Å². The molecule has 3 aromatic rings. The van der Waals surface area contributed by atoms with Crippen molar-refractivity contribution >= 4 is 33.6 Å². The first-order valence-electron chi connectivity index (χ1n) is 8.72. The summed E-state index contributed by atoms with van der Waals surface area (Å²) in [5.74, 6) is -0.620. The summed E-state index contributed by atoms with van der Waals surface area (Å²) in [6.07, 6.45) is 1.39. The van der Waals surface area contributed by atoms with Crippen molar-refractivity contribution in [1.82, 2.24) is 19.6 Å². The molecule has 0 bridgehead atoms. The lowest BCUT2D eigenvalue weighted by molar-refractivity contribution is -0.117. The molecule has 28 heavy (non-hydrogen) atoms. The number of aryl methyl sites for hydroxylation is 1. The molecule has 0 spiro atoms. The molecule has 2 heterocycles. The number of esters is 1. The summed E-state index contributed by atoms with van der Waals surface area (Å²) in [5.41, 5.74) is 2.54. The van der Waals surface area contributed by atoms with Crippen molar-refractivity contribution in [2.24, 2.45) is 0 Å². The van der Waals surface area contributed by atoms with Crippen LogP contribution in [-0.4, -0.2) is 38.0 Å². The van der Waals surface area contributed by atoms with E-state index >= 15 is 0 Å². The number of carbonyl (C=O) groups excluding carboxylic acids is 2. The molecule has 0 saturated carbocycles. The van der Waals surface area contributed by atoms with Crippen molar-refractivity contribution in [2.45, 2.75) is 27.3 Å². The summed E-state index contributed by atoms with van der Waals surface area (Å²) in [7, 11) is 0. The molecule has 8 nitrogen and oxygen atoms in total. The highest BCUT2D eigenvalue weighted by Gasteiger charge is 2.22. The molecular weight excluding hydrogens is 426 g/mol. The molecule has 0 aliphatic rings. The number of hydrogen-bond acceptors (Lipinski definition) is 5. The van der Waals surface area contributed by atoms with Crippen molar-refractivity contribution < 1.29 is 14.3 Å². The molecular formula is C19H20BrN5O3. The fourth-order valence-corrected chi connectivity index (χ4v) is 3.01. The van der Waals surface area contributed by atoms with Crippen LogP contribution in [0.5, 0.6) is 0 Å². The zero-order chi connectivity index (χ0) is 20.3. The monoisotopic (exact) mass is 445 g/mol. The van der Waals surface area contributed by atoms with Gasteiger partial charge in [0, 0.05) is 0 Å². The van der Waals surface area contributed by atoms with Gasteiger partial charge in [0.05, 0.1) is 34.4 Å². The van der Waals surface area contributed by atoms with Crippen molar-refractivity contribution in [2.75, 3.05) is 11.9 Å². The van der Waals surface area contributed by atoms with Crippen LogP contribution in [0.4, 0.5) is 5.82 Å². The Morgan fingerprint density at radius 1 is 1.21 bits per heavy atom. The van der Waals surface area contributed by atoms with Gasteiger partial charge in [0.2, 0.25) is 5.91 Å². The van der Waals surface area contributed by atoms with Gasteiger partial charge in [-0.2, -0.15) is 10.2 Å². The maximum absolute atomic E-state index is 12.7. The Morgan fingerprint density at radius 3 is 2.54 bits per heavy atom. The van der Waals surface area contributed by atoms with E-state index in [9.17, 15) is 9.59 Å². The van der Waals surface area contributed by atoms with Gasteiger partial charge >= 0.3 is 5.97 Å². The van der Waals surface area contributed by atoms with Crippen molar-refractivity contribution in [1.29, 1.82) is 0 Å². The molecule has 9 heteroatoms. The smallest absolute Gasteiger partial charge is 0.343 e. The van der Waals surface area contributed by atoms with Crippen LogP contribution >= 0.6 is 15.9 Å². The summed E-state index contributed by atoms with van der Waals surface area (Å²) in [5, 5.41) is 11.4. The number of nitrogens with zero attached hydrogens (tertiary/aromatic N) is 4. The Kier molecular flexibility index (Phi) is 5.93. The van der Waals surface area contributed by atoms with Gasteiger partial charge in [-0.3, -0.25) is 9.48 Å². The number of rotatable bonds is 6. The minimum Gasteiger partial charge on any atom is -0.462 e. The minimum absolute atomic E-state index is 0.000504. The third kappa shape index (κ3) is 3.99. The molecule has 0 unspecified atom stereocenters. The molecule has 0 saturated heterocycles. The van der Waals surface area contributed by atoms with Gasteiger partial charge in [-0.25, -0.2) is 9.48 Å². The third-order valence-corrected chi connectivity index (χ3v) is 5.26. The molecule has 1 amide bonds. The number of aromatic nitrogens is 4. The van der Waals surface area contributed by atoms with Gasteiger partial charge in [-0.15, -0.1) is 0 Å². The number of amides is 1. The van der Waals surface area contributed by atoms with E-state index in [1.54, 1.807) is 11.6 Å². The van der Waals surface area contributed by atoms with E-state index in [0.29, 0.717) is 5.69 Å². The topological polar surface area (TPSA) is 91.0 Å². The van der Waals surface area contributed by atoms with E-state index < -0.39 is 5.97 Å². The standard InChI is InChI=1S/C19H20BrN5O3/c1-4-28-19(27)15-10-21-25(14-8-6-5-7-9-14)18(15)22-16(26)11-24-13(3)17(20)12(2)23-24/h5-10H,4,11H2,1-3H3,(H,22,26). The van der Waals surface area contributed by atoms with E-state index in [-0.39, 0.29) is 30.4 Å². The van der Waals surface area contributed by atoms with Crippen LogP contribution in [0.1, 0.15) is 28.7 Å². The number of para-hydroxylation sites is 1. The Morgan fingerprint density at radius 2 is 1.93 bits per heavy atom. The molecule has 146 valence electrons. The quantitative estimate of drug-likeness (QED) is 0.587. The molecule has 0 aliphatic carbocycles. The minimum atomic E-state index is -0.547. The molecule has 0 aliphatic heterocycles. The molecule has 1 N–H and O–H groups in total. The number of hydrogen-bond donors (Lipinski definition) is 1. The van der Waals surface area contributed by atoms with Crippen LogP contribution in [0.25, 0.3) is 5.69 Å². The molecule has 2 aromatic heterocycles. The maximum atomic E-state index is 12.7. The summed E-state index contributed by atoms with van der Waals surface area (Å²) in [6.45, 7) is 5.67. The second kappa shape index (κ2) is 8.39. The van der Waals surface area contributed by atoms with E-state index in [2.05, 4.69) is 31.4 Å². The lowest BCUT2D eigenvalue weighted by Gasteiger charge is -2.11. The van der Waals surface area contributed by atoms with Gasteiger partial charge in [-0.05, 0) is 48.8 Å². The number of nitrogens with one attached hydrogen (secondary N) is 1. The normalized spacial score (nSPS) is 10.7. The highest BCUT2D eigenvalue weighted by atomic mass is 79.9. The average Bonchev–Trinajstić information content (AvgIpc) is 3.19. The molecule has 0 atom stereocenters. The number of halogens is 1. The van der Waals surface area contributed by atoms with Gasteiger partial charge in [0.1, 0.15) is 12.1 Å². The van der Waals surface area contributed by atoms with Crippen LogP contribution in [0.2, 0.25) is 0 Å². The van der Waals surface area contributed by atoms with Crippen LogP contribution in [0.3, 0.4) is 0 Å². The second-order valence-electron chi connectivity index (χ2n) is 6.07. The number of benzene rings is 1. The predicted molar refractivity (Wildman–Crippen MR) is 108 cm³/mol. The van der Waals surface area contributed by atoms with Crippen molar-refractivity contribution in [3.05, 3.63) is 58.0 Å². The maximum Gasteiger partial charge on any atom is 0.343 e. The lowest BCUT2D eigenvalue weighted by Crippen LogP contribution is -2.23. The van der Waals surface area contributed by atoms with Gasteiger partial charge in [0.25, 0.3) is 0 Å². The van der Waals surface area contributed by atoms with E-state index in [0.717, 1.165) is 15.9 Å². The van der Waals surface area contributed by atoms with Crippen LogP contribution in [0, 0.1) is 13.8 Å². The summed E-state index contributed by atoms with van der Waals surface area (Å²) in [4.78, 5) is 25.0. The summed E-state index contributed by atoms with van der Waals surface area (Å²) < 4.78 is 9.05. The van der Waals surface area contributed by atoms with Crippen LogP contribution < -0.4 is 5.32 Å². The van der Waals surface area contributed by atoms with Gasteiger partial charge < -0.3 is 10.1 Å². The molecule has 0 fully saturated rings. The molecule has 0 radical (unpaired) electrons. The Bertz CT molecular complexity index is 1010. The first kappa shape index (κ1) is 19.8.